The fourth-order valence-electron chi connectivity index (χ4n) is 2.53. The summed E-state index contributed by atoms with van der Waals surface area (Å²) in [5, 5.41) is 0.517. The third-order valence-electron chi connectivity index (χ3n) is 3.73. The summed E-state index contributed by atoms with van der Waals surface area (Å²) in [5.41, 5.74) is 1.14. The van der Waals surface area contributed by atoms with E-state index in [4.69, 9.17) is 4.74 Å². The highest BCUT2D eigenvalue weighted by Gasteiger charge is 2.30. The van der Waals surface area contributed by atoms with E-state index < -0.39 is 17.7 Å². The molecule has 0 bridgehead atoms. The molecule has 0 spiro atoms. The van der Waals surface area contributed by atoms with Gasteiger partial charge in [0.05, 0.1) is 29.4 Å². The Morgan fingerprint density at radius 3 is 2.85 bits per heavy atom. The van der Waals surface area contributed by atoms with E-state index in [1.807, 2.05) is 0 Å². The Kier molecular flexibility index (Phi) is 5.69. The van der Waals surface area contributed by atoms with E-state index in [1.54, 1.807) is 36.0 Å². The summed E-state index contributed by atoms with van der Waals surface area (Å²) < 4.78 is 45.3. The number of thioether (sulfide) groups is 1. The van der Waals surface area contributed by atoms with E-state index in [2.05, 4.69) is 9.97 Å². The number of carbonyl (C=O) groups excluding carboxylic acids is 1. The van der Waals surface area contributed by atoms with Gasteiger partial charge >= 0.3 is 12.1 Å². The Hall–Kier alpha value is -2.55. The van der Waals surface area contributed by atoms with E-state index in [9.17, 15) is 18.0 Å². The number of nitrogens with zero attached hydrogens (tertiary/aromatic N) is 3. The van der Waals surface area contributed by atoms with Crippen molar-refractivity contribution in [2.75, 3.05) is 6.61 Å². The van der Waals surface area contributed by atoms with Gasteiger partial charge in [0.25, 0.3) is 0 Å². The smallest absolute Gasteiger partial charge is 0.416 e. The summed E-state index contributed by atoms with van der Waals surface area (Å²) in [6, 6.07) is 6.88. The zero-order valence-corrected chi connectivity index (χ0v) is 15.2. The van der Waals surface area contributed by atoms with Gasteiger partial charge < -0.3 is 9.30 Å². The van der Waals surface area contributed by atoms with Gasteiger partial charge in [0.2, 0.25) is 0 Å². The lowest BCUT2D eigenvalue weighted by Gasteiger charge is -2.10. The molecule has 0 saturated carbocycles. The maximum Gasteiger partial charge on any atom is 0.416 e. The Morgan fingerprint density at radius 1 is 1.30 bits per heavy atom. The largest absolute Gasteiger partial charge is 0.465 e. The van der Waals surface area contributed by atoms with Crippen LogP contribution in [-0.4, -0.2) is 27.1 Å². The van der Waals surface area contributed by atoms with Gasteiger partial charge in [-0.3, -0.25) is 9.78 Å². The number of hydrogen-bond acceptors (Lipinski definition) is 5. The van der Waals surface area contributed by atoms with Crippen LogP contribution in [0, 0.1) is 0 Å². The van der Waals surface area contributed by atoms with Gasteiger partial charge in [-0.25, -0.2) is 4.98 Å². The van der Waals surface area contributed by atoms with Crippen molar-refractivity contribution in [1.29, 1.82) is 0 Å². The number of fused-ring (bicyclic) bond motifs is 1. The minimum Gasteiger partial charge on any atom is -0.465 e. The molecule has 0 aliphatic rings. The summed E-state index contributed by atoms with van der Waals surface area (Å²) in [5.74, 6) is -0.134. The van der Waals surface area contributed by atoms with Gasteiger partial charge in [-0.2, -0.15) is 13.2 Å². The molecule has 3 aromatic rings. The molecule has 0 amide bonds. The SMILES string of the molecule is CCOC(=O)Cn1c(SCc2cccc(C(F)(F)F)c2)nc2ccncc21. The number of rotatable bonds is 6. The first-order valence-electron chi connectivity index (χ1n) is 8.13. The van der Waals surface area contributed by atoms with Crippen molar-refractivity contribution in [3.63, 3.8) is 0 Å². The topological polar surface area (TPSA) is 57.0 Å². The summed E-state index contributed by atoms with van der Waals surface area (Å²) in [7, 11) is 0. The molecule has 2 heterocycles. The van der Waals surface area contributed by atoms with Crippen molar-refractivity contribution in [1.82, 2.24) is 14.5 Å². The van der Waals surface area contributed by atoms with Crippen molar-refractivity contribution in [2.24, 2.45) is 0 Å². The number of alkyl halides is 3. The Morgan fingerprint density at radius 2 is 2.11 bits per heavy atom. The Bertz CT molecular complexity index is 956. The van der Waals surface area contributed by atoms with Crippen LogP contribution in [0.2, 0.25) is 0 Å². The molecule has 5 nitrogen and oxygen atoms in total. The van der Waals surface area contributed by atoms with Crippen LogP contribution in [-0.2, 0) is 28.0 Å². The normalized spacial score (nSPS) is 11.7. The first kappa shape index (κ1) is 19.2. The van der Waals surface area contributed by atoms with Gasteiger partial charge in [-0.1, -0.05) is 30.0 Å². The van der Waals surface area contributed by atoms with Crippen LogP contribution in [0.25, 0.3) is 11.0 Å². The lowest BCUT2D eigenvalue weighted by molar-refractivity contribution is -0.144. The molecule has 0 aliphatic carbocycles. The number of pyridine rings is 1. The van der Waals surface area contributed by atoms with E-state index in [-0.39, 0.29) is 18.9 Å². The summed E-state index contributed by atoms with van der Waals surface area (Å²) in [6.07, 6.45) is -1.20. The second-order valence-corrected chi connectivity index (χ2v) is 6.58. The number of esters is 1. The van der Waals surface area contributed by atoms with Crippen LogP contribution in [0.5, 0.6) is 0 Å². The minimum absolute atomic E-state index is 0.0407. The first-order chi connectivity index (χ1) is 12.9. The fourth-order valence-corrected chi connectivity index (χ4v) is 3.49. The lowest BCUT2D eigenvalue weighted by atomic mass is 10.1. The lowest BCUT2D eigenvalue weighted by Crippen LogP contribution is -2.14. The third-order valence-corrected chi connectivity index (χ3v) is 4.78. The number of hydrogen-bond donors (Lipinski definition) is 0. The highest BCUT2D eigenvalue weighted by molar-refractivity contribution is 7.98. The monoisotopic (exact) mass is 395 g/mol. The van der Waals surface area contributed by atoms with E-state index in [0.717, 1.165) is 12.1 Å². The molecule has 142 valence electrons. The van der Waals surface area contributed by atoms with Crippen LogP contribution < -0.4 is 0 Å². The number of aromatic nitrogens is 3. The van der Waals surface area contributed by atoms with E-state index in [0.29, 0.717) is 21.8 Å². The summed E-state index contributed by atoms with van der Waals surface area (Å²) in [6.45, 7) is 1.94. The van der Waals surface area contributed by atoms with Crippen LogP contribution in [0.3, 0.4) is 0 Å². The van der Waals surface area contributed by atoms with Crippen molar-refractivity contribution in [3.05, 3.63) is 53.9 Å². The molecule has 2 aromatic heterocycles. The zero-order chi connectivity index (χ0) is 19.4. The van der Waals surface area contributed by atoms with Crippen molar-refractivity contribution in [3.8, 4) is 0 Å². The van der Waals surface area contributed by atoms with Crippen LogP contribution in [0.15, 0.2) is 47.9 Å². The van der Waals surface area contributed by atoms with Crippen LogP contribution in [0.1, 0.15) is 18.1 Å². The molecule has 0 radical (unpaired) electrons. The quantitative estimate of drug-likeness (QED) is 0.460. The predicted octanol–water partition coefficient (Wildman–Crippen LogP) is 4.31. The zero-order valence-electron chi connectivity index (χ0n) is 14.4. The number of ether oxygens (including phenoxy) is 1. The molecule has 3 rings (SSSR count). The van der Waals surface area contributed by atoms with E-state index >= 15 is 0 Å². The molecule has 27 heavy (non-hydrogen) atoms. The molecular formula is C18H16F3N3O2S. The second kappa shape index (κ2) is 7.99. The maximum absolute atomic E-state index is 12.9. The van der Waals surface area contributed by atoms with Crippen molar-refractivity contribution in [2.45, 2.75) is 30.6 Å². The van der Waals surface area contributed by atoms with Crippen molar-refractivity contribution < 1.29 is 22.7 Å². The van der Waals surface area contributed by atoms with Gasteiger partial charge in [-0.15, -0.1) is 0 Å². The van der Waals surface area contributed by atoms with Crippen molar-refractivity contribution >= 4 is 28.8 Å². The average Bonchev–Trinajstić information content (AvgIpc) is 2.97. The summed E-state index contributed by atoms with van der Waals surface area (Å²) in [4.78, 5) is 20.4. The molecule has 0 aliphatic heterocycles. The Balaban J connectivity index is 1.85. The van der Waals surface area contributed by atoms with Gasteiger partial charge in [0, 0.05) is 11.9 Å². The number of benzene rings is 1. The first-order valence-corrected chi connectivity index (χ1v) is 9.12. The van der Waals surface area contributed by atoms with Gasteiger partial charge in [0.15, 0.2) is 5.16 Å². The highest BCUT2D eigenvalue weighted by Crippen LogP contribution is 2.31. The fraction of sp³-hybridized carbons (Fsp3) is 0.278. The highest BCUT2D eigenvalue weighted by atomic mass is 32.2. The average molecular weight is 395 g/mol. The third kappa shape index (κ3) is 4.60. The molecule has 0 saturated heterocycles. The summed E-state index contributed by atoms with van der Waals surface area (Å²) >= 11 is 1.25. The van der Waals surface area contributed by atoms with Gasteiger partial charge in [-0.05, 0) is 24.6 Å². The molecule has 0 fully saturated rings. The van der Waals surface area contributed by atoms with Crippen LogP contribution in [0.4, 0.5) is 13.2 Å². The molecule has 9 heteroatoms. The van der Waals surface area contributed by atoms with Gasteiger partial charge in [0.1, 0.15) is 6.54 Å². The number of imidazole rings is 1. The maximum atomic E-state index is 12.9. The molecular weight excluding hydrogens is 379 g/mol. The molecule has 0 N–H and O–H groups in total. The van der Waals surface area contributed by atoms with Crippen LogP contribution >= 0.6 is 11.8 Å². The minimum atomic E-state index is -4.39. The molecule has 0 unspecified atom stereocenters. The second-order valence-electron chi connectivity index (χ2n) is 5.64. The Labute approximate surface area is 157 Å². The number of carbonyl (C=O) groups is 1. The predicted molar refractivity (Wildman–Crippen MR) is 95.2 cm³/mol. The van der Waals surface area contributed by atoms with E-state index in [1.165, 1.54) is 17.8 Å². The standard InChI is InChI=1S/C18H16F3N3O2S/c1-2-26-16(25)10-24-15-9-22-7-6-14(15)23-17(24)27-11-12-4-3-5-13(8-12)18(19,20)21/h3-9H,2,10-11H2,1H3. The molecule has 0 atom stereocenters. The number of halogens is 3. The molecule has 1 aromatic carbocycles.